The van der Waals surface area contributed by atoms with Crippen molar-refractivity contribution in [1.29, 1.82) is 0 Å². The second-order valence-corrected chi connectivity index (χ2v) is 9.58. The molecule has 2 heterocycles. The Hall–Kier alpha value is -3.13. The number of piperidine rings is 1. The zero-order valence-electron chi connectivity index (χ0n) is 20.0. The molecule has 188 valence electrons. The number of nitrogens with zero attached hydrogens (tertiary/aromatic N) is 2. The number of aliphatic carboxylic acids is 1. The van der Waals surface area contributed by atoms with Gasteiger partial charge in [-0.15, -0.1) is 0 Å². The SMILES string of the molecule is O=C([O-])C[C@@H]1CCN(C(=O)COc2ccccc2)C[C@@H]1CC[NH+]1CCN(c2ccc(F)cc2)CC1. The Morgan fingerprint density at radius 1 is 1.00 bits per heavy atom. The second-order valence-electron chi connectivity index (χ2n) is 9.58. The van der Waals surface area contributed by atoms with Crippen molar-refractivity contribution in [3.8, 4) is 5.75 Å². The van der Waals surface area contributed by atoms with Crippen molar-refractivity contribution in [2.24, 2.45) is 11.8 Å². The highest BCUT2D eigenvalue weighted by molar-refractivity contribution is 5.78. The maximum atomic E-state index is 13.2. The van der Waals surface area contributed by atoms with Crippen LogP contribution in [0.5, 0.6) is 5.75 Å². The van der Waals surface area contributed by atoms with Crippen LogP contribution in [0.2, 0.25) is 0 Å². The monoisotopic (exact) mass is 483 g/mol. The molecule has 0 bridgehead atoms. The molecule has 35 heavy (non-hydrogen) atoms. The Morgan fingerprint density at radius 3 is 2.40 bits per heavy atom. The van der Waals surface area contributed by atoms with Crippen LogP contribution in [-0.2, 0) is 9.59 Å². The van der Waals surface area contributed by atoms with Crippen LogP contribution in [0.25, 0.3) is 0 Å². The van der Waals surface area contributed by atoms with Crippen molar-refractivity contribution in [3.63, 3.8) is 0 Å². The average Bonchev–Trinajstić information content (AvgIpc) is 2.88. The fraction of sp³-hybridized carbons (Fsp3) is 0.481. The van der Waals surface area contributed by atoms with Gasteiger partial charge in [-0.2, -0.15) is 0 Å². The summed E-state index contributed by atoms with van der Waals surface area (Å²) in [7, 11) is 0. The van der Waals surface area contributed by atoms with E-state index in [1.165, 1.54) is 17.0 Å². The fourth-order valence-electron chi connectivity index (χ4n) is 5.24. The van der Waals surface area contributed by atoms with E-state index in [1.54, 1.807) is 0 Å². The summed E-state index contributed by atoms with van der Waals surface area (Å²) in [5, 5.41) is 11.3. The standard InChI is InChI=1S/C27H34FN3O4/c28-23-6-8-24(9-7-23)30-16-14-29(15-17-30)12-10-22-19-31(13-11-21(22)18-27(33)34)26(32)20-35-25-4-2-1-3-5-25/h1-9,21-22H,10-20H2,(H,33,34)/t21-,22-/m0/s1. The molecule has 2 atom stereocenters. The van der Waals surface area contributed by atoms with Crippen LogP contribution < -0.4 is 19.6 Å². The maximum Gasteiger partial charge on any atom is 0.260 e. The number of benzene rings is 2. The lowest BCUT2D eigenvalue weighted by molar-refractivity contribution is -0.901. The first-order chi connectivity index (χ1) is 17.0. The van der Waals surface area contributed by atoms with Gasteiger partial charge in [-0.1, -0.05) is 18.2 Å². The highest BCUT2D eigenvalue weighted by Crippen LogP contribution is 2.29. The molecule has 0 spiro atoms. The van der Waals surface area contributed by atoms with Gasteiger partial charge >= 0.3 is 0 Å². The topological polar surface area (TPSA) is 77.3 Å². The number of rotatable bonds is 9. The molecule has 7 nitrogen and oxygen atoms in total. The molecule has 0 unspecified atom stereocenters. The van der Waals surface area contributed by atoms with E-state index in [0.717, 1.165) is 44.8 Å². The Balaban J connectivity index is 1.27. The number of hydrogen-bond donors (Lipinski definition) is 1. The van der Waals surface area contributed by atoms with Gasteiger partial charge in [0.1, 0.15) is 11.6 Å². The zero-order chi connectivity index (χ0) is 24.6. The van der Waals surface area contributed by atoms with Gasteiger partial charge in [0, 0.05) is 31.2 Å². The molecule has 0 radical (unpaired) electrons. The number of carboxylic acids is 1. The first-order valence-electron chi connectivity index (χ1n) is 12.5. The van der Waals surface area contributed by atoms with Crippen LogP contribution in [0.4, 0.5) is 10.1 Å². The van der Waals surface area contributed by atoms with E-state index in [4.69, 9.17) is 4.74 Å². The Kier molecular flexibility index (Phi) is 8.58. The van der Waals surface area contributed by atoms with E-state index in [0.29, 0.717) is 25.3 Å². The third kappa shape index (κ3) is 7.18. The maximum absolute atomic E-state index is 13.2. The molecule has 2 fully saturated rings. The molecule has 2 aliphatic heterocycles. The van der Waals surface area contributed by atoms with Crippen molar-refractivity contribution in [3.05, 3.63) is 60.4 Å². The number of piperazine rings is 1. The van der Waals surface area contributed by atoms with Crippen LogP contribution in [0.1, 0.15) is 19.3 Å². The predicted octanol–water partition coefficient (Wildman–Crippen LogP) is 0.604. The molecule has 8 heteroatoms. The minimum Gasteiger partial charge on any atom is -0.550 e. The third-order valence-electron chi connectivity index (χ3n) is 7.31. The van der Waals surface area contributed by atoms with E-state index in [1.807, 2.05) is 47.4 Å². The number of anilines is 1. The quantitative estimate of drug-likeness (QED) is 0.566. The minimum atomic E-state index is -1.02. The van der Waals surface area contributed by atoms with Crippen molar-refractivity contribution >= 4 is 17.6 Å². The van der Waals surface area contributed by atoms with Crippen molar-refractivity contribution in [2.75, 3.05) is 57.3 Å². The van der Waals surface area contributed by atoms with E-state index in [-0.39, 0.29) is 36.6 Å². The summed E-state index contributed by atoms with van der Waals surface area (Å²) in [6.07, 6.45) is 1.58. The summed E-state index contributed by atoms with van der Waals surface area (Å²) < 4.78 is 18.8. The largest absolute Gasteiger partial charge is 0.550 e. The first kappa shape index (κ1) is 25.0. The normalized spacial score (nSPS) is 21.1. The molecule has 1 N–H and O–H groups in total. The summed E-state index contributed by atoms with van der Waals surface area (Å²) >= 11 is 0. The number of amides is 1. The number of ether oxygens (including phenoxy) is 1. The number of quaternary nitrogens is 1. The van der Waals surface area contributed by atoms with Gasteiger partial charge in [-0.25, -0.2) is 4.39 Å². The summed E-state index contributed by atoms with van der Waals surface area (Å²) in [6.45, 7) is 5.78. The fourth-order valence-corrected chi connectivity index (χ4v) is 5.24. The van der Waals surface area contributed by atoms with Gasteiger partial charge < -0.3 is 29.3 Å². The van der Waals surface area contributed by atoms with Crippen LogP contribution >= 0.6 is 0 Å². The van der Waals surface area contributed by atoms with E-state index >= 15 is 0 Å². The third-order valence-corrected chi connectivity index (χ3v) is 7.31. The molecule has 1 amide bonds. The predicted molar refractivity (Wildman–Crippen MR) is 129 cm³/mol. The van der Waals surface area contributed by atoms with Crippen LogP contribution in [0.3, 0.4) is 0 Å². The van der Waals surface area contributed by atoms with Crippen molar-refractivity contribution in [1.82, 2.24) is 4.90 Å². The molecule has 2 aliphatic rings. The van der Waals surface area contributed by atoms with Crippen molar-refractivity contribution in [2.45, 2.75) is 19.3 Å². The smallest absolute Gasteiger partial charge is 0.260 e. The first-order valence-corrected chi connectivity index (χ1v) is 12.5. The lowest BCUT2D eigenvalue weighted by Gasteiger charge is -2.40. The highest BCUT2D eigenvalue weighted by Gasteiger charge is 2.33. The molecule has 2 aromatic carbocycles. The van der Waals surface area contributed by atoms with Crippen LogP contribution in [-0.4, -0.2) is 69.2 Å². The highest BCUT2D eigenvalue weighted by atomic mass is 19.1. The molecule has 4 rings (SSSR count). The van der Waals surface area contributed by atoms with Crippen LogP contribution in [0, 0.1) is 17.7 Å². The lowest BCUT2D eigenvalue weighted by atomic mass is 9.81. The Labute approximate surface area is 206 Å². The molecule has 0 aliphatic carbocycles. The van der Waals surface area contributed by atoms with Gasteiger partial charge in [0.25, 0.3) is 5.91 Å². The number of carbonyl (C=O) groups excluding carboxylic acids is 2. The van der Waals surface area contributed by atoms with Gasteiger partial charge in [-0.3, -0.25) is 4.79 Å². The average molecular weight is 484 g/mol. The minimum absolute atomic E-state index is 0.0154. The van der Waals surface area contributed by atoms with Crippen molar-refractivity contribution < 1.29 is 28.7 Å². The number of likely N-dealkylation sites (tertiary alicyclic amines) is 1. The van der Waals surface area contributed by atoms with Gasteiger partial charge in [0.05, 0.1) is 32.7 Å². The molecule has 2 aromatic rings. The van der Waals surface area contributed by atoms with Gasteiger partial charge in [-0.05, 0) is 61.1 Å². The molecule has 0 saturated carbocycles. The van der Waals surface area contributed by atoms with E-state index in [9.17, 15) is 19.1 Å². The number of nitrogens with one attached hydrogen (secondary N) is 1. The number of para-hydroxylation sites is 1. The Bertz CT molecular complexity index is 964. The lowest BCUT2D eigenvalue weighted by Crippen LogP contribution is -3.15. The molecule has 0 aromatic heterocycles. The van der Waals surface area contributed by atoms with Gasteiger partial charge in [0.2, 0.25) is 0 Å². The molecular weight excluding hydrogens is 449 g/mol. The summed E-state index contributed by atoms with van der Waals surface area (Å²) in [5.74, 6) is -0.495. The van der Waals surface area contributed by atoms with E-state index < -0.39 is 5.97 Å². The second kappa shape index (κ2) is 12.0. The summed E-state index contributed by atoms with van der Waals surface area (Å²) in [5.41, 5.74) is 1.04. The summed E-state index contributed by atoms with van der Waals surface area (Å²) in [4.78, 5) is 29.7. The number of halogens is 1. The molecule has 2 saturated heterocycles. The Morgan fingerprint density at radius 2 is 1.71 bits per heavy atom. The van der Waals surface area contributed by atoms with E-state index in [2.05, 4.69) is 4.90 Å². The van der Waals surface area contributed by atoms with Gasteiger partial charge in [0.15, 0.2) is 6.61 Å². The number of hydrogen-bond acceptors (Lipinski definition) is 5. The summed E-state index contributed by atoms with van der Waals surface area (Å²) in [6, 6.07) is 15.9. The zero-order valence-corrected chi connectivity index (χ0v) is 20.0. The number of carboxylic acid groups (broad SMARTS) is 1. The number of carbonyl (C=O) groups is 2. The van der Waals surface area contributed by atoms with Crippen LogP contribution in [0.15, 0.2) is 54.6 Å². The molecular formula is C27H34FN3O4.